The number of halogens is 2. The van der Waals surface area contributed by atoms with Crippen molar-refractivity contribution in [2.45, 2.75) is 84.5 Å². The zero-order valence-electron chi connectivity index (χ0n) is 20.0. The van der Waals surface area contributed by atoms with Gasteiger partial charge in [-0.05, 0) is 73.6 Å². The maximum Gasteiger partial charge on any atom is 0.428 e. The second-order valence-corrected chi connectivity index (χ2v) is 10.1. The van der Waals surface area contributed by atoms with Crippen LogP contribution in [-0.4, -0.2) is 65.6 Å². The molecule has 0 spiro atoms. The molecule has 2 rings (SSSR count). The Morgan fingerprint density at radius 2 is 1.62 bits per heavy atom. The topological polar surface area (TPSA) is 95.9 Å². The Bertz CT molecular complexity index is 717. The van der Waals surface area contributed by atoms with Crippen molar-refractivity contribution in [2.75, 3.05) is 19.8 Å². The standard InChI is InChI=1S/C21H34F2N2O7/c1-9-29-30-11-13-10-14(13)20(8)21(22,23)12-28-15(24-20)25(16(26)31-18(2,3)4)17(27)32-19(5,6)7/h13-14H,9-12H2,1-8H3/t13-,14+,20-/m1/s1. The Labute approximate surface area is 187 Å². The van der Waals surface area contributed by atoms with Gasteiger partial charge in [0.15, 0.2) is 6.61 Å². The number of alkyl halides is 2. The van der Waals surface area contributed by atoms with Crippen LogP contribution in [0.3, 0.4) is 0 Å². The normalized spacial score (nSPS) is 27.1. The average molecular weight is 465 g/mol. The summed E-state index contributed by atoms with van der Waals surface area (Å²) in [5, 5.41) is 0. The van der Waals surface area contributed by atoms with Gasteiger partial charge in [-0.2, -0.15) is 0 Å². The Morgan fingerprint density at radius 3 is 2.09 bits per heavy atom. The van der Waals surface area contributed by atoms with Crippen LogP contribution in [0, 0.1) is 11.8 Å². The zero-order chi connectivity index (χ0) is 24.5. The van der Waals surface area contributed by atoms with Crippen molar-refractivity contribution in [3.8, 4) is 0 Å². The van der Waals surface area contributed by atoms with Crippen LogP contribution in [0.5, 0.6) is 0 Å². The number of rotatable bonds is 5. The molecule has 32 heavy (non-hydrogen) atoms. The van der Waals surface area contributed by atoms with Crippen LogP contribution in [0.2, 0.25) is 0 Å². The third kappa shape index (κ3) is 6.28. The Morgan fingerprint density at radius 1 is 1.09 bits per heavy atom. The van der Waals surface area contributed by atoms with Gasteiger partial charge in [0.2, 0.25) is 0 Å². The van der Waals surface area contributed by atoms with Gasteiger partial charge in [-0.1, -0.05) is 0 Å². The molecule has 1 fully saturated rings. The summed E-state index contributed by atoms with van der Waals surface area (Å²) < 4.78 is 45.5. The first-order valence-electron chi connectivity index (χ1n) is 10.6. The molecule has 0 radical (unpaired) electrons. The first-order valence-corrected chi connectivity index (χ1v) is 10.6. The zero-order valence-corrected chi connectivity index (χ0v) is 20.0. The molecule has 11 heteroatoms. The average Bonchev–Trinajstić information content (AvgIpc) is 3.35. The predicted molar refractivity (Wildman–Crippen MR) is 110 cm³/mol. The molecule has 9 nitrogen and oxygen atoms in total. The van der Waals surface area contributed by atoms with Crippen LogP contribution in [0.25, 0.3) is 0 Å². The van der Waals surface area contributed by atoms with Crippen molar-refractivity contribution >= 4 is 18.2 Å². The van der Waals surface area contributed by atoms with Crippen LogP contribution >= 0.6 is 0 Å². The van der Waals surface area contributed by atoms with E-state index in [1.165, 1.54) is 6.92 Å². The van der Waals surface area contributed by atoms with Crippen LogP contribution in [0.1, 0.15) is 61.8 Å². The summed E-state index contributed by atoms with van der Waals surface area (Å²) in [5.41, 5.74) is -3.85. The second kappa shape index (κ2) is 9.09. The fraction of sp³-hybridized carbons (Fsp3) is 0.857. The molecule has 0 aromatic heterocycles. The molecule has 1 saturated carbocycles. The fourth-order valence-electron chi connectivity index (χ4n) is 3.27. The van der Waals surface area contributed by atoms with E-state index in [-0.39, 0.29) is 12.5 Å². The quantitative estimate of drug-likeness (QED) is 0.335. The molecule has 1 aliphatic heterocycles. The number of aliphatic imine (C=N–C) groups is 1. The third-order valence-corrected chi connectivity index (χ3v) is 4.92. The maximum atomic E-state index is 14.9. The highest BCUT2D eigenvalue weighted by molar-refractivity contribution is 6.06. The van der Waals surface area contributed by atoms with E-state index < -0.39 is 53.4 Å². The van der Waals surface area contributed by atoms with Gasteiger partial charge in [-0.3, -0.25) is 0 Å². The second-order valence-electron chi connectivity index (χ2n) is 10.1. The van der Waals surface area contributed by atoms with Crippen LogP contribution in [-0.2, 0) is 24.0 Å². The first kappa shape index (κ1) is 26.2. The number of imide groups is 1. The fourth-order valence-corrected chi connectivity index (χ4v) is 3.27. The summed E-state index contributed by atoms with van der Waals surface area (Å²) in [6.07, 6.45) is -1.84. The van der Waals surface area contributed by atoms with Crippen molar-refractivity contribution in [1.82, 2.24) is 4.90 Å². The number of hydrogen-bond acceptors (Lipinski definition) is 8. The number of amidine groups is 1. The van der Waals surface area contributed by atoms with E-state index in [9.17, 15) is 18.4 Å². The molecule has 1 heterocycles. The Kier molecular flexibility index (Phi) is 7.45. The number of carbonyl (C=O) groups excluding carboxylic acids is 2. The van der Waals surface area contributed by atoms with E-state index in [0.29, 0.717) is 17.9 Å². The summed E-state index contributed by atoms with van der Waals surface area (Å²) in [7, 11) is 0. The highest BCUT2D eigenvalue weighted by Gasteiger charge is 2.65. The van der Waals surface area contributed by atoms with Gasteiger partial charge in [0, 0.05) is 0 Å². The Balaban J connectivity index is 2.37. The van der Waals surface area contributed by atoms with Gasteiger partial charge >= 0.3 is 24.1 Å². The molecule has 3 atom stereocenters. The van der Waals surface area contributed by atoms with E-state index >= 15 is 0 Å². The minimum absolute atomic E-state index is 0.137. The molecule has 1 aliphatic carbocycles. The van der Waals surface area contributed by atoms with Gasteiger partial charge < -0.3 is 14.2 Å². The third-order valence-electron chi connectivity index (χ3n) is 4.92. The molecule has 0 bridgehead atoms. The SMILES string of the molecule is CCOOC[C@H]1C[C@@H]1[C@@]1(C)N=C(N(C(=O)OC(C)(C)C)C(=O)OC(C)(C)C)OCC1(F)F. The molecular formula is C21H34F2N2O7. The molecule has 184 valence electrons. The number of ether oxygens (including phenoxy) is 3. The van der Waals surface area contributed by atoms with Crippen LogP contribution in [0.4, 0.5) is 18.4 Å². The van der Waals surface area contributed by atoms with Crippen LogP contribution in [0.15, 0.2) is 4.99 Å². The molecule has 0 N–H and O–H groups in total. The lowest BCUT2D eigenvalue weighted by atomic mass is 9.87. The summed E-state index contributed by atoms with van der Waals surface area (Å²) in [6.45, 7) is 12.1. The molecule has 0 saturated heterocycles. The summed E-state index contributed by atoms with van der Waals surface area (Å²) in [6, 6.07) is -0.585. The smallest absolute Gasteiger partial charge is 0.428 e. The van der Waals surface area contributed by atoms with Crippen molar-refractivity contribution in [1.29, 1.82) is 0 Å². The predicted octanol–water partition coefficient (Wildman–Crippen LogP) is 4.54. The number of hydrogen-bond donors (Lipinski definition) is 0. The molecule has 0 aromatic rings. The number of carbonyl (C=O) groups is 2. The van der Waals surface area contributed by atoms with Crippen molar-refractivity contribution in [3.63, 3.8) is 0 Å². The maximum absolute atomic E-state index is 14.9. The summed E-state index contributed by atoms with van der Waals surface area (Å²) in [4.78, 5) is 40.0. The number of nitrogens with zero attached hydrogens (tertiary/aromatic N) is 2. The summed E-state index contributed by atoms with van der Waals surface area (Å²) in [5.74, 6) is -4.11. The van der Waals surface area contributed by atoms with E-state index in [0.717, 1.165) is 0 Å². The van der Waals surface area contributed by atoms with E-state index in [1.807, 2.05) is 0 Å². The van der Waals surface area contributed by atoms with Gasteiger partial charge in [0.1, 0.15) is 16.7 Å². The lowest BCUT2D eigenvalue weighted by Crippen LogP contribution is -2.58. The minimum Gasteiger partial charge on any atom is -0.458 e. The largest absolute Gasteiger partial charge is 0.458 e. The molecule has 0 unspecified atom stereocenters. The van der Waals surface area contributed by atoms with Gasteiger partial charge in [-0.15, -0.1) is 4.90 Å². The lowest BCUT2D eigenvalue weighted by molar-refractivity contribution is -0.294. The molecule has 2 aliphatic rings. The van der Waals surface area contributed by atoms with E-state index in [2.05, 4.69) is 4.99 Å². The number of amides is 2. The van der Waals surface area contributed by atoms with Gasteiger partial charge in [0.25, 0.3) is 0 Å². The highest BCUT2D eigenvalue weighted by Crippen LogP contribution is 2.55. The minimum atomic E-state index is -3.34. The van der Waals surface area contributed by atoms with E-state index in [1.54, 1.807) is 48.5 Å². The van der Waals surface area contributed by atoms with Crippen molar-refractivity contribution < 1.29 is 42.4 Å². The molecule has 2 amide bonds. The monoisotopic (exact) mass is 464 g/mol. The van der Waals surface area contributed by atoms with E-state index in [4.69, 9.17) is 24.0 Å². The highest BCUT2D eigenvalue weighted by atomic mass is 19.3. The first-order chi connectivity index (χ1) is 14.5. The van der Waals surface area contributed by atoms with Gasteiger partial charge in [-0.25, -0.2) is 33.1 Å². The van der Waals surface area contributed by atoms with Gasteiger partial charge in [0.05, 0.1) is 13.2 Å². The van der Waals surface area contributed by atoms with Crippen molar-refractivity contribution in [3.05, 3.63) is 0 Å². The molecular weight excluding hydrogens is 430 g/mol. The summed E-state index contributed by atoms with van der Waals surface area (Å²) >= 11 is 0. The lowest BCUT2D eigenvalue weighted by Gasteiger charge is -2.40. The van der Waals surface area contributed by atoms with Crippen molar-refractivity contribution in [2.24, 2.45) is 16.8 Å². The van der Waals surface area contributed by atoms with Crippen LogP contribution < -0.4 is 0 Å². The Hall–Kier alpha value is -2.01. The molecule has 0 aromatic carbocycles.